The Kier molecular flexibility index (Phi) is 3.47. The first-order valence-corrected chi connectivity index (χ1v) is 6.90. The van der Waals surface area contributed by atoms with Crippen molar-refractivity contribution in [2.24, 2.45) is 0 Å². The number of rotatable bonds is 5. The Balaban J connectivity index is 2.01. The lowest BCUT2D eigenvalue weighted by molar-refractivity contribution is 0.694. The molecule has 0 aliphatic heterocycles. The number of nitrogens with one attached hydrogen (secondary N) is 2. The van der Waals surface area contributed by atoms with Crippen LogP contribution in [0.15, 0.2) is 40.9 Å². The molecule has 0 amide bonds. The van der Waals surface area contributed by atoms with Crippen LogP contribution in [0.4, 0.5) is 0 Å². The molecule has 0 bridgehead atoms. The van der Waals surface area contributed by atoms with Crippen molar-refractivity contribution in [2.45, 2.75) is 23.7 Å². The maximum absolute atomic E-state index is 4.64. The van der Waals surface area contributed by atoms with Crippen molar-refractivity contribution in [3.8, 4) is 0 Å². The van der Waals surface area contributed by atoms with Crippen molar-refractivity contribution < 1.29 is 0 Å². The summed E-state index contributed by atoms with van der Waals surface area (Å²) in [7, 11) is 0. The molecule has 0 spiro atoms. The van der Waals surface area contributed by atoms with E-state index in [0.29, 0.717) is 0 Å². The van der Waals surface area contributed by atoms with Crippen LogP contribution in [-0.4, -0.2) is 31.1 Å². The van der Waals surface area contributed by atoms with Crippen molar-refractivity contribution in [3.05, 3.63) is 36.4 Å². The maximum atomic E-state index is 4.64. The molecule has 0 radical (unpaired) electrons. The van der Waals surface area contributed by atoms with Gasteiger partial charge in [-0.1, -0.05) is 13.0 Å². The van der Waals surface area contributed by atoms with Gasteiger partial charge in [0.15, 0.2) is 5.16 Å². The first-order chi connectivity index (χ1) is 9.38. The van der Waals surface area contributed by atoms with E-state index < -0.39 is 0 Å². The largest absolute Gasteiger partial charge is 0.311 e. The highest BCUT2D eigenvalue weighted by atomic mass is 32.2. The molecule has 0 aliphatic rings. The van der Waals surface area contributed by atoms with Crippen LogP contribution in [0.1, 0.15) is 12.6 Å². The van der Waals surface area contributed by atoms with Gasteiger partial charge in [0.1, 0.15) is 17.0 Å². The molecule has 98 valence electrons. The standard InChI is InChI=1S/C12H14N6S/c1-2-13-7-9-11(19-12-14-8-15-17-12)16-10-5-3-4-6-18(9)10/h3-6,8,13H,2,7H2,1H3,(H,14,15,17). The summed E-state index contributed by atoms with van der Waals surface area (Å²) in [6.45, 7) is 3.79. The van der Waals surface area contributed by atoms with Crippen molar-refractivity contribution in [1.82, 2.24) is 29.9 Å². The van der Waals surface area contributed by atoms with E-state index >= 15 is 0 Å². The zero-order valence-electron chi connectivity index (χ0n) is 10.5. The quantitative estimate of drug-likeness (QED) is 0.741. The lowest BCUT2D eigenvalue weighted by atomic mass is 10.4. The van der Waals surface area contributed by atoms with Crippen LogP contribution in [0.25, 0.3) is 5.65 Å². The third-order valence-corrected chi connectivity index (χ3v) is 3.63. The minimum Gasteiger partial charge on any atom is -0.311 e. The fourth-order valence-corrected chi connectivity index (χ4v) is 2.65. The summed E-state index contributed by atoms with van der Waals surface area (Å²) in [5.41, 5.74) is 2.08. The van der Waals surface area contributed by atoms with Crippen molar-refractivity contribution in [2.75, 3.05) is 6.54 Å². The Morgan fingerprint density at radius 2 is 2.37 bits per heavy atom. The van der Waals surface area contributed by atoms with Crippen LogP contribution in [0.5, 0.6) is 0 Å². The minimum atomic E-state index is 0.751. The van der Waals surface area contributed by atoms with E-state index in [-0.39, 0.29) is 0 Å². The fourth-order valence-electron chi connectivity index (χ4n) is 1.85. The SMILES string of the molecule is CCNCc1c(Sc2ncn[nH]2)nc2ccccn12. The molecular formula is C12H14N6S. The van der Waals surface area contributed by atoms with Crippen molar-refractivity contribution in [3.63, 3.8) is 0 Å². The molecule has 19 heavy (non-hydrogen) atoms. The zero-order chi connectivity index (χ0) is 13.1. The van der Waals surface area contributed by atoms with E-state index in [2.05, 4.69) is 36.8 Å². The van der Waals surface area contributed by atoms with Gasteiger partial charge in [0.2, 0.25) is 0 Å². The molecular weight excluding hydrogens is 260 g/mol. The summed E-state index contributed by atoms with van der Waals surface area (Å²) in [5.74, 6) is 0. The van der Waals surface area contributed by atoms with Crippen molar-refractivity contribution >= 4 is 17.4 Å². The molecule has 0 atom stereocenters. The molecule has 0 fully saturated rings. The van der Waals surface area contributed by atoms with Gasteiger partial charge in [-0.2, -0.15) is 5.10 Å². The smallest absolute Gasteiger partial charge is 0.189 e. The molecule has 3 aromatic rings. The highest BCUT2D eigenvalue weighted by molar-refractivity contribution is 7.99. The number of H-pyrrole nitrogens is 1. The normalized spacial score (nSPS) is 11.2. The maximum Gasteiger partial charge on any atom is 0.189 e. The van der Waals surface area contributed by atoms with E-state index in [4.69, 9.17) is 0 Å². The minimum absolute atomic E-state index is 0.751. The lowest BCUT2D eigenvalue weighted by Gasteiger charge is -2.04. The molecule has 2 N–H and O–H groups in total. The highest BCUT2D eigenvalue weighted by Crippen LogP contribution is 2.27. The summed E-state index contributed by atoms with van der Waals surface area (Å²) >= 11 is 1.50. The van der Waals surface area contributed by atoms with Gasteiger partial charge < -0.3 is 9.72 Å². The van der Waals surface area contributed by atoms with E-state index in [9.17, 15) is 0 Å². The molecule has 0 unspecified atom stereocenters. The molecule has 6 nitrogen and oxygen atoms in total. The summed E-state index contributed by atoms with van der Waals surface area (Å²) in [4.78, 5) is 8.77. The van der Waals surface area contributed by atoms with Crippen molar-refractivity contribution in [1.29, 1.82) is 0 Å². The number of aromatic nitrogens is 5. The molecule has 7 heteroatoms. The average molecular weight is 274 g/mol. The summed E-state index contributed by atoms with van der Waals surface area (Å²) in [6, 6.07) is 6.00. The molecule has 3 heterocycles. The number of imidazole rings is 1. The summed E-state index contributed by atoms with van der Waals surface area (Å²) in [5, 5.41) is 11.7. The third kappa shape index (κ3) is 2.47. The van der Waals surface area contributed by atoms with Gasteiger partial charge in [0.05, 0.1) is 5.69 Å². The summed E-state index contributed by atoms with van der Waals surface area (Å²) < 4.78 is 2.10. The highest BCUT2D eigenvalue weighted by Gasteiger charge is 2.13. The van der Waals surface area contributed by atoms with Gasteiger partial charge in [0, 0.05) is 12.7 Å². The van der Waals surface area contributed by atoms with Crippen LogP contribution < -0.4 is 5.32 Å². The van der Waals surface area contributed by atoms with E-state index in [0.717, 1.165) is 34.6 Å². The van der Waals surface area contributed by atoms with Crippen LogP contribution in [0.3, 0.4) is 0 Å². The van der Waals surface area contributed by atoms with Gasteiger partial charge in [-0.05, 0) is 30.4 Å². The predicted molar refractivity (Wildman–Crippen MR) is 73.1 cm³/mol. The second-order valence-corrected chi connectivity index (χ2v) is 4.94. The number of hydrogen-bond donors (Lipinski definition) is 2. The van der Waals surface area contributed by atoms with Gasteiger partial charge in [-0.25, -0.2) is 9.97 Å². The number of hydrogen-bond acceptors (Lipinski definition) is 5. The number of fused-ring (bicyclic) bond motifs is 1. The second-order valence-electron chi connectivity index (χ2n) is 3.97. The van der Waals surface area contributed by atoms with Gasteiger partial charge in [-0.15, -0.1) is 0 Å². The zero-order valence-corrected chi connectivity index (χ0v) is 11.3. The first-order valence-electron chi connectivity index (χ1n) is 6.08. The summed E-state index contributed by atoms with van der Waals surface area (Å²) in [6.07, 6.45) is 3.53. The number of nitrogens with zero attached hydrogens (tertiary/aromatic N) is 4. The Morgan fingerprint density at radius 1 is 1.42 bits per heavy atom. The van der Waals surface area contributed by atoms with Crippen LogP contribution in [0.2, 0.25) is 0 Å². The first kappa shape index (κ1) is 12.2. The van der Waals surface area contributed by atoms with E-state index in [1.165, 1.54) is 18.1 Å². The topological polar surface area (TPSA) is 70.9 Å². The molecule has 0 aliphatic carbocycles. The molecule has 0 saturated carbocycles. The van der Waals surface area contributed by atoms with Gasteiger partial charge in [0.25, 0.3) is 0 Å². The number of aromatic amines is 1. The average Bonchev–Trinajstić information content (AvgIpc) is 3.04. The van der Waals surface area contributed by atoms with Gasteiger partial charge >= 0.3 is 0 Å². The van der Waals surface area contributed by atoms with Crippen LogP contribution in [0, 0.1) is 0 Å². The molecule has 0 saturated heterocycles. The van der Waals surface area contributed by atoms with Crippen LogP contribution >= 0.6 is 11.8 Å². The molecule has 0 aromatic carbocycles. The Bertz CT molecular complexity index is 660. The van der Waals surface area contributed by atoms with E-state index in [1.54, 1.807) is 0 Å². The fraction of sp³-hybridized carbons (Fsp3) is 0.250. The van der Waals surface area contributed by atoms with Gasteiger partial charge in [-0.3, -0.25) is 5.10 Å². The Morgan fingerprint density at radius 3 is 3.16 bits per heavy atom. The molecule has 3 rings (SSSR count). The monoisotopic (exact) mass is 274 g/mol. The second kappa shape index (κ2) is 5.41. The van der Waals surface area contributed by atoms with Crippen LogP contribution in [-0.2, 0) is 6.54 Å². The Hall–Kier alpha value is -1.86. The molecule has 3 aromatic heterocycles. The Labute approximate surface area is 114 Å². The predicted octanol–water partition coefficient (Wildman–Crippen LogP) is 1.71. The lowest BCUT2D eigenvalue weighted by Crippen LogP contribution is -2.14. The van der Waals surface area contributed by atoms with E-state index in [1.807, 2.05) is 24.4 Å². The number of pyridine rings is 1. The third-order valence-electron chi connectivity index (χ3n) is 2.72.